The van der Waals surface area contributed by atoms with E-state index in [4.69, 9.17) is 14.2 Å². The van der Waals surface area contributed by atoms with Crippen molar-refractivity contribution in [3.63, 3.8) is 0 Å². The van der Waals surface area contributed by atoms with Crippen LogP contribution in [0.1, 0.15) is 115 Å². The number of methoxy groups -OCH3 is 1. The maximum atomic E-state index is 5.95. The van der Waals surface area contributed by atoms with Crippen molar-refractivity contribution in [1.29, 1.82) is 0 Å². The highest BCUT2D eigenvalue weighted by atomic mass is 16.6. The van der Waals surface area contributed by atoms with Crippen LogP contribution >= 0.6 is 0 Å². The van der Waals surface area contributed by atoms with Crippen molar-refractivity contribution in [3.05, 3.63) is 35.9 Å². The molecular formula is C29H52O3. The normalized spacial score (nSPS) is 12.3. The van der Waals surface area contributed by atoms with Gasteiger partial charge in [-0.2, -0.15) is 0 Å². The van der Waals surface area contributed by atoms with E-state index < -0.39 is 0 Å². The minimum atomic E-state index is 0.00117. The molecule has 0 unspecified atom stereocenters. The Balaban J connectivity index is 1.82. The fourth-order valence-electron chi connectivity index (χ4n) is 4.09. The summed E-state index contributed by atoms with van der Waals surface area (Å²) in [5.74, 6) is 0. The van der Waals surface area contributed by atoms with Gasteiger partial charge in [0.15, 0.2) is 0 Å². The zero-order valence-corrected chi connectivity index (χ0v) is 21.3. The Labute approximate surface area is 199 Å². The van der Waals surface area contributed by atoms with Crippen molar-refractivity contribution in [3.8, 4) is 0 Å². The molecule has 1 aromatic carbocycles. The van der Waals surface area contributed by atoms with E-state index >= 15 is 0 Å². The summed E-state index contributed by atoms with van der Waals surface area (Å²) in [7, 11) is 1.72. The highest BCUT2D eigenvalue weighted by Gasteiger charge is 2.09. The number of hydrogen-bond donors (Lipinski definition) is 0. The fourth-order valence-corrected chi connectivity index (χ4v) is 4.09. The molecule has 0 amide bonds. The molecule has 0 heterocycles. The van der Waals surface area contributed by atoms with E-state index in [2.05, 4.69) is 19.1 Å². The molecule has 3 nitrogen and oxygen atoms in total. The monoisotopic (exact) mass is 448 g/mol. The summed E-state index contributed by atoms with van der Waals surface area (Å²) in [5, 5.41) is 0. The zero-order chi connectivity index (χ0) is 23.0. The van der Waals surface area contributed by atoms with Gasteiger partial charge in [0.05, 0.1) is 19.8 Å². The lowest BCUT2D eigenvalue weighted by Crippen LogP contribution is -2.25. The van der Waals surface area contributed by atoms with Crippen LogP contribution in [0.2, 0.25) is 0 Å². The molecule has 0 aliphatic rings. The van der Waals surface area contributed by atoms with Gasteiger partial charge in [-0.15, -0.1) is 0 Å². The SMILES string of the molecule is CCCCCCCCCCCCCCCCCCOC[C@@H](COC)OCc1ccccc1. The molecule has 0 aliphatic heterocycles. The minimum Gasteiger partial charge on any atom is -0.382 e. The Morgan fingerprint density at radius 2 is 1.12 bits per heavy atom. The van der Waals surface area contributed by atoms with Gasteiger partial charge < -0.3 is 14.2 Å². The van der Waals surface area contributed by atoms with Crippen LogP contribution < -0.4 is 0 Å². The molecule has 0 radical (unpaired) electrons. The summed E-state index contributed by atoms with van der Waals surface area (Å²) in [6.07, 6.45) is 22.3. The smallest absolute Gasteiger partial charge is 0.105 e. The third kappa shape index (κ3) is 18.7. The largest absolute Gasteiger partial charge is 0.382 e. The molecule has 3 heteroatoms. The summed E-state index contributed by atoms with van der Waals surface area (Å²) in [4.78, 5) is 0. The number of ether oxygens (including phenoxy) is 3. The van der Waals surface area contributed by atoms with Gasteiger partial charge in [-0.3, -0.25) is 0 Å². The number of hydrogen-bond acceptors (Lipinski definition) is 3. The molecular weight excluding hydrogens is 396 g/mol. The average molecular weight is 449 g/mol. The molecule has 0 saturated carbocycles. The van der Waals surface area contributed by atoms with E-state index in [-0.39, 0.29) is 6.10 Å². The van der Waals surface area contributed by atoms with E-state index in [0.29, 0.717) is 19.8 Å². The summed E-state index contributed by atoms with van der Waals surface area (Å²) in [6, 6.07) is 10.3. The third-order valence-electron chi connectivity index (χ3n) is 6.13. The Bertz CT molecular complexity index is 477. The lowest BCUT2D eigenvalue weighted by Gasteiger charge is -2.17. The first kappa shape index (κ1) is 29.1. The quantitative estimate of drug-likeness (QED) is 0.148. The van der Waals surface area contributed by atoms with Crippen molar-refractivity contribution in [2.24, 2.45) is 0 Å². The molecule has 1 aromatic rings. The molecule has 0 bridgehead atoms. The van der Waals surface area contributed by atoms with Crippen molar-refractivity contribution in [2.75, 3.05) is 26.9 Å². The van der Waals surface area contributed by atoms with Crippen LogP contribution in [0.15, 0.2) is 30.3 Å². The molecule has 0 aromatic heterocycles. The molecule has 0 N–H and O–H groups in total. The Morgan fingerprint density at radius 1 is 0.625 bits per heavy atom. The number of unbranched alkanes of at least 4 members (excludes halogenated alkanes) is 15. The first-order valence-electron chi connectivity index (χ1n) is 13.6. The van der Waals surface area contributed by atoms with Gasteiger partial charge in [0, 0.05) is 13.7 Å². The Hall–Kier alpha value is -0.900. The van der Waals surface area contributed by atoms with Crippen LogP contribution in [-0.2, 0) is 20.8 Å². The number of rotatable bonds is 24. The van der Waals surface area contributed by atoms with E-state index in [1.54, 1.807) is 7.11 Å². The first-order chi connectivity index (χ1) is 15.9. The van der Waals surface area contributed by atoms with Crippen LogP contribution in [-0.4, -0.2) is 33.0 Å². The topological polar surface area (TPSA) is 27.7 Å². The highest BCUT2D eigenvalue weighted by Crippen LogP contribution is 2.14. The van der Waals surface area contributed by atoms with Gasteiger partial charge in [-0.05, 0) is 12.0 Å². The van der Waals surface area contributed by atoms with Crippen LogP contribution in [0.4, 0.5) is 0 Å². The second kappa shape index (κ2) is 23.3. The fraction of sp³-hybridized carbons (Fsp3) is 0.793. The van der Waals surface area contributed by atoms with Crippen molar-refractivity contribution in [1.82, 2.24) is 0 Å². The third-order valence-corrected chi connectivity index (χ3v) is 6.13. The zero-order valence-electron chi connectivity index (χ0n) is 21.3. The molecule has 186 valence electrons. The standard InChI is InChI=1S/C29H52O3/c1-3-4-5-6-7-8-9-10-11-12-13-14-15-16-17-21-24-31-27-29(26-30-2)32-25-28-22-19-18-20-23-28/h18-20,22-23,29H,3-17,21,24-27H2,1-2H3/t29-/m1/s1. The minimum absolute atomic E-state index is 0.00117. The second-order valence-corrected chi connectivity index (χ2v) is 9.25. The maximum Gasteiger partial charge on any atom is 0.105 e. The summed E-state index contributed by atoms with van der Waals surface area (Å²) in [5.41, 5.74) is 1.19. The average Bonchev–Trinajstić information content (AvgIpc) is 2.82. The van der Waals surface area contributed by atoms with Crippen LogP contribution in [0, 0.1) is 0 Å². The highest BCUT2D eigenvalue weighted by molar-refractivity contribution is 5.13. The predicted molar refractivity (Wildman–Crippen MR) is 137 cm³/mol. The summed E-state index contributed by atoms with van der Waals surface area (Å²) >= 11 is 0. The molecule has 0 saturated heterocycles. The van der Waals surface area contributed by atoms with Gasteiger partial charge in [0.1, 0.15) is 6.10 Å². The Kier molecular flexibility index (Phi) is 21.2. The molecule has 0 fully saturated rings. The molecule has 0 aliphatic carbocycles. The summed E-state index contributed by atoms with van der Waals surface area (Å²) in [6.45, 7) is 4.91. The molecule has 1 atom stereocenters. The van der Waals surface area contributed by atoms with Crippen LogP contribution in [0.25, 0.3) is 0 Å². The van der Waals surface area contributed by atoms with Crippen LogP contribution in [0.5, 0.6) is 0 Å². The van der Waals surface area contributed by atoms with Crippen molar-refractivity contribution in [2.45, 2.75) is 122 Å². The first-order valence-corrected chi connectivity index (χ1v) is 13.6. The van der Waals surface area contributed by atoms with Gasteiger partial charge in [0.2, 0.25) is 0 Å². The number of benzene rings is 1. The van der Waals surface area contributed by atoms with Gasteiger partial charge >= 0.3 is 0 Å². The summed E-state index contributed by atoms with van der Waals surface area (Å²) < 4.78 is 17.1. The van der Waals surface area contributed by atoms with Crippen LogP contribution in [0.3, 0.4) is 0 Å². The van der Waals surface area contributed by atoms with E-state index in [1.165, 1.54) is 102 Å². The van der Waals surface area contributed by atoms with E-state index in [1.807, 2.05) is 18.2 Å². The molecule has 32 heavy (non-hydrogen) atoms. The molecule has 0 spiro atoms. The van der Waals surface area contributed by atoms with Gasteiger partial charge in [-0.1, -0.05) is 134 Å². The van der Waals surface area contributed by atoms with E-state index in [0.717, 1.165) is 13.0 Å². The van der Waals surface area contributed by atoms with Crippen molar-refractivity contribution >= 4 is 0 Å². The molecule has 1 rings (SSSR count). The predicted octanol–water partition coefficient (Wildman–Crippen LogP) is 8.50. The van der Waals surface area contributed by atoms with Crippen molar-refractivity contribution < 1.29 is 14.2 Å². The Morgan fingerprint density at radius 3 is 1.62 bits per heavy atom. The van der Waals surface area contributed by atoms with Gasteiger partial charge in [0.25, 0.3) is 0 Å². The lowest BCUT2D eigenvalue weighted by molar-refractivity contribution is -0.0587. The maximum absolute atomic E-state index is 5.95. The van der Waals surface area contributed by atoms with E-state index in [9.17, 15) is 0 Å². The lowest BCUT2D eigenvalue weighted by atomic mass is 10.0. The van der Waals surface area contributed by atoms with Gasteiger partial charge in [-0.25, -0.2) is 0 Å². The second-order valence-electron chi connectivity index (χ2n) is 9.25.